The van der Waals surface area contributed by atoms with Gasteiger partial charge in [0.25, 0.3) is 0 Å². The van der Waals surface area contributed by atoms with E-state index < -0.39 is 0 Å². The third-order valence-corrected chi connectivity index (χ3v) is 3.31. The van der Waals surface area contributed by atoms with Crippen LogP contribution >= 0.6 is 11.8 Å². The first-order valence-electron chi connectivity index (χ1n) is 4.78. The maximum atomic E-state index is 11.5. The summed E-state index contributed by atoms with van der Waals surface area (Å²) in [4.78, 5) is 11.5. The third kappa shape index (κ3) is 3.56. The van der Waals surface area contributed by atoms with Crippen molar-refractivity contribution in [2.75, 3.05) is 19.3 Å². The molecule has 2 atom stereocenters. The van der Waals surface area contributed by atoms with Crippen LogP contribution in [0.1, 0.15) is 19.8 Å². The average Bonchev–Trinajstić information content (AvgIpc) is 2.66. The molecule has 2 N–H and O–H groups in total. The van der Waals surface area contributed by atoms with Gasteiger partial charge in [0.05, 0.1) is 6.04 Å². The van der Waals surface area contributed by atoms with Gasteiger partial charge < -0.3 is 10.6 Å². The van der Waals surface area contributed by atoms with Crippen LogP contribution in [0.5, 0.6) is 0 Å². The van der Waals surface area contributed by atoms with Crippen molar-refractivity contribution in [3.63, 3.8) is 0 Å². The molecule has 1 aliphatic rings. The maximum absolute atomic E-state index is 11.5. The van der Waals surface area contributed by atoms with Crippen LogP contribution < -0.4 is 10.6 Å². The number of carbonyl (C=O) groups excluding carboxylic acids is 1. The van der Waals surface area contributed by atoms with E-state index in [1.807, 2.05) is 0 Å². The lowest BCUT2D eigenvalue weighted by Gasteiger charge is -2.13. The van der Waals surface area contributed by atoms with Crippen LogP contribution in [0, 0.1) is 0 Å². The van der Waals surface area contributed by atoms with Crippen LogP contribution in [0.4, 0.5) is 0 Å². The number of carbonyl (C=O) groups is 1. The van der Waals surface area contributed by atoms with Gasteiger partial charge in [0.15, 0.2) is 0 Å². The van der Waals surface area contributed by atoms with E-state index in [1.165, 1.54) is 0 Å². The average molecular weight is 202 g/mol. The van der Waals surface area contributed by atoms with Crippen molar-refractivity contribution in [2.24, 2.45) is 0 Å². The minimum Gasteiger partial charge on any atom is -0.354 e. The fourth-order valence-corrected chi connectivity index (χ4v) is 1.61. The van der Waals surface area contributed by atoms with Gasteiger partial charge in [-0.2, -0.15) is 11.8 Å². The predicted octanol–water partition coefficient (Wildman–Crippen LogP) is 0.606. The van der Waals surface area contributed by atoms with Crippen LogP contribution in [0.15, 0.2) is 0 Å². The van der Waals surface area contributed by atoms with E-state index in [1.54, 1.807) is 11.8 Å². The van der Waals surface area contributed by atoms with E-state index in [0.29, 0.717) is 5.25 Å². The van der Waals surface area contributed by atoms with Gasteiger partial charge in [-0.25, -0.2) is 0 Å². The monoisotopic (exact) mass is 202 g/mol. The quantitative estimate of drug-likeness (QED) is 0.701. The van der Waals surface area contributed by atoms with Crippen molar-refractivity contribution in [1.29, 1.82) is 0 Å². The summed E-state index contributed by atoms with van der Waals surface area (Å²) in [5.74, 6) is 0.165. The van der Waals surface area contributed by atoms with Crippen molar-refractivity contribution in [3.8, 4) is 0 Å². The molecule has 0 radical (unpaired) electrons. The fourth-order valence-electron chi connectivity index (χ4n) is 1.36. The predicted molar refractivity (Wildman–Crippen MR) is 57.0 cm³/mol. The Morgan fingerprint density at radius 1 is 1.77 bits per heavy atom. The van der Waals surface area contributed by atoms with Crippen LogP contribution in [0.25, 0.3) is 0 Å². The van der Waals surface area contributed by atoms with Gasteiger partial charge >= 0.3 is 0 Å². The molecule has 0 unspecified atom stereocenters. The summed E-state index contributed by atoms with van der Waals surface area (Å²) in [6.07, 6.45) is 4.17. The molecule has 1 fully saturated rings. The second-order valence-electron chi connectivity index (χ2n) is 3.44. The summed E-state index contributed by atoms with van der Waals surface area (Å²) < 4.78 is 0. The minimum atomic E-state index is 0.0639. The Balaban J connectivity index is 2.16. The molecule has 1 aliphatic heterocycles. The van der Waals surface area contributed by atoms with E-state index in [9.17, 15) is 4.79 Å². The number of nitrogens with one attached hydrogen (secondary N) is 2. The van der Waals surface area contributed by atoms with Crippen LogP contribution in [-0.2, 0) is 4.79 Å². The zero-order chi connectivity index (χ0) is 9.68. The maximum Gasteiger partial charge on any atom is 0.237 e. The lowest BCUT2D eigenvalue weighted by Crippen LogP contribution is -2.42. The van der Waals surface area contributed by atoms with Crippen molar-refractivity contribution in [2.45, 2.75) is 31.1 Å². The Labute approximate surface area is 84.0 Å². The van der Waals surface area contributed by atoms with E-state index in [4.69, 9.17) is 0 Å². The van der Waals surface area contributed by atoms with Gasteiger partial charge in [-0.1, -0.05) is 6.92 Å². The SMILES string of the molecule is CS[C@@H](C)CNC(=O)[C@@H]1CCCN1. The third-order valence-electron chi connectivity index (χ3n) is 2.34. The molecule has 0 saturated carbocycles. The Morgan fingerprint density at radius 2 is 2.54 bits per heavy atom. The van der Waals surface area contributed by atoms with Crippen molar-refractivity contribution < 1.29 is 4.79 Å². The molecule has 0 aliphatic carbocycles. The number of hydrogen-bond donors (Lipinski definition) is 2. The van der Waals surface area contributed by atoms with Gasteiger partial charge in [-0.3, -0.25) is 4.79 Å². The smallest absolute Gasteiger partial charge is 0.237 e. The highest BCUT2D eigenvalue weighted by atomic mass is 32.2. The Kier molecular flexibility index (Phi) is 4.59. The van der Waals surface area contributed by atoms with E-state index in [2.05, 4.69) is 23.8 Å². The summed E-state index contributed by atoms with van der Waals surface area (Å²) >= 11 is 1.77. The summed E-state index contributed by atoms with van der Waals surface area (Å²) in [7, 11) is 0. The molecule has 0 aromatic heterocycles. The van der Waals surface area contributed by atoms with Gasteiger partial charge in [0.1, 0.15) is 0 Å². The topological polar surface area (TPSA) is 41.1 Å². The largest absolute Gasteiger partial charge is 0.354 e. The normalized spacial score (nSPS) is 24.3. The van der Waals surface area contributed by atoms with Crippen molar-refractivity contribution >= 4 is 17.7 Å². The number of thioether (sulfide) groups is 1. The molecule has 0 aromatic rings. The zero-order valence-electron chi connectivity index (χ0n) is 8.30. The second-order valence-corrected chi connectivity index (χ2v) is 4.72. The minimum absolute atomic E-state index is 0.0639. The molecular formula is C9H18N2OS. The highest BCUT2D eigenvalue weighted by molar-refractivity contribution is 7.99. The lowest BCUT2D eigenvalue weighted by molar-refractivity contribution is -0.122. The molecule has 3 nitrogen and oxygen atoms in total. The molecule has 13 heavy (non-hydrogen) atoms. The molecule has 76 valence electrons. The standard InChI is InChI=1S/C9H18N2OS/c1-7(13-2)6-11-9(12)8-4-3-5-10-8/h7-8,10H,3-6H2,1-2H3,(H,11,12)/t7-,8-/m0/s1. The highest BCUT2D eigenvalue weighted by Gasteiger charge is 2.21. The fraction of sp³-hybridized carbons (Fsp3) is 0.889. The molecule has 0 aromatic carbocycles. The summed E-state index contributed by atoms with van der Waals surface area (Å²) in [5, 5.41) is 6.64. The first kappa shape index (κ1) is 10.9. The highest BCUT2D eigenvalue weighted by Crippen LogP contribution is 2.06. The van der Waals surface area contributed by atoms with Crippen LogP contribution in [0.2, 0.25) is 0 Å². The summed E-state index contributed by atoms with van der Waals surface area (Å²) in [5.41, 5.74) is 0. The molecule has 0 bridgehead atoms. The van der Waals surface area contributed by atoms with Crippen LogP contribution in [0.3, 0.4) is 0 Å². The van der Waals surface area contributed by atoms with Gasteiger partial charge in [0.2, 0.25) is 5.91 Å². The first-order chi connectivity index (χ1) is 6.24. The molecule has 1 saturated heterocycles. The number of hydrogen-bond acceptors (Lipinski definition) is 3. The van der Waals surface area contributed by atoms with E-state index in [0.717, 1.165) is 25.9 Å². The molecular weight excluding hydrogens is 184 g/mol. The van der Waals surface area contributed by atoms with E-state index in [-0.39, 0.29) is 11.9 Å². The molecule has 1 rings (SSSR count). The van der Waals surface area contributed by atoms with E-state index >= 15 is 0 Å². The summed E-state index contributed by atoms with van der Waals surface area (Å²) in [6.45, 7) is 3.88. The molecule has 0 spiro atoms. The van der Waals surface area contributed by atoms with Crippen molar-refractivity contribution in [1.82, 2.24) is 10.6 Å². The van der Waals surface area contributed by atoms with Gasteiger partial charge in [-0.15, -0.1) is 0 Å². The Hall–Kier alpha value is -0.220. The van der Waals surface area contributed by atoms with Gasteiger partial charge in [-0.05, 0) is 25.6 Å². The lowest BCUT2D eigenvalue weighted by atomic mass is 10.2. The molecule has 4 heteroatoms. The summed E-state index contributed by atoms with van der Waals surface area (Å²) in [6, 6.07) is 0.0639. The second kappa shape index (κ2) is 5.50. The van der Waals surface area contributed by atoms with Crippen LogP contribution in [-0.4, -0.2) is 36.5 Å². The Bertz CT molecular complexity index is 169. The molecule has 1 heterocycles. The van der Waals surface area contributed by atoms with Gasteiger partial charge in [0, 0.05) is 11.8 Å². The zero-order valence-corrected chi connectivity index (χ0v) is 9.12. The molecule has 1 amide bonds. The van der Waals surface area contributed by atoms with Crippen molar-refractivity contribution in [3.05, 3.63) is 0 Å². The number of amides is 1. The Morgan fingerprint density at radius 3 is 3.08 bits per heavy atom. The first-order valence-corrected chi connectivity index (χ1v) is 6.06. The number of rotatable bonds is 4.